The predicted octanol–water partition coefficient (Wildman–Crippen LogP) is 4.33. The van der Waals surface area contributed by atoms with Crippen molar-refractivity contribution in [1.29, 1.82) is 0 Å². The average Bonchev–Trinajstić information content (AvgIpc) is 2.71. The molecule has 88 valence electrons. The molecule has 5 heteroatoms. The Kier molecular flexibility index (Phi) is 3.40. The minimum Gasteiger partial charge on any atom is -0.287 e. The van der Waals surface area contributed by atoms with Gasteiger partial charge in [-0.25, -0.2) is 8.78 Å². The number of rotatable bonds is 2. The van der Waals surface area contributed by atoms with Crippen LogP contribution in [0.5, 0.6) is 0 Å². The quantitative estimate of drug-likeness (QED) is 0.754. The van der Waals surface area contributed by atoms with E-state index in [0.717, 1.165) is 21.2 Å². The van der Waals surface area contributed by atoms with Crippen molar-refractivity contribution in [1.82, 2.24) is 0 Å². The van der Waals surface area contributed by atoms with E-state index in [4.69, 9.17) is 0 Å². The van der Waals surface area contributed by atoms with Gasteiger partial charge in [-0.1, -0.05) is 6.07 Å². The SMILES string of the molecule is Cc1ccc(F)c(C(=O)c2ccc(Br)s2)c1F. The van der Waals surface area contributed by atoms with Crippen LogP contribution in [-0.4, -0.2) is 5.78 Å². The van der Waals surface area contributed by atoms with Crippen molar-refractivity contribution < 1.29 is 13.6 Å². The number of thiophene rings is 1. The van der Waals surface area contributed by atoms with E-state index in [1.165, 1.54) is 19.1 Å². The lowest BCUT2D eigenvalue weighted by molar-refractivity contribution is 0.103. The van der Waals surface area contributed by atoms with Crippen LogP contribution in [-0.2, 0) is 0 Å². The Balaban J connectivity index is 2.54. The molecule has 0 bridgehead atoms. The first-order valence-corrected chi connectivity index (χ1v) is 6.36. The van der Waals surface area contributed by atoms with Crippen molar-refractivity contribution in [3.05, 3.63) is 55.7 Å². The maximum atomic E-state index is 13.7. The van der Waals surface area contributed by atoms with E-state index < -0.39 is 23.0 Å². The number of hydrogen-bond donors (Lipinski definition) is 0. The Morgan fingerprint density at radius 2 is 1.94 bits per heavy atom. The Hall–Kier alpha value is -1.07. The number of aryl methyl sites for hydroxylation is 1. The summed E-state index contributed by atoms with van der Waals surface area (Å²) >= 11 is 4.35. The summed E-state index contributed by atoms with van der Waals surface area (Å²) < 4.78 is 28.0. The van der Waals surface area contributed by atoms with E-state index in [0.29, 0.717) is 4.88 Å². The van der Waals surface area contributed by atoms with Crippen LogP contribution < -0.4 is 0 Å². The zero-order valence-corrected chi connectivity index (χ0v) is 11.2. The number of ketones is 1. The lowest BCUT2D eigenvalue weighted by Gasteiger charge is -2.04. The summed E-state index contributed by atoms with van der Waals surface area (Å²) in [6.07, 6.45) is 0. The maximum Gasteiger partial charge on any atom is 0.208 e. The molecule has 0 fully saturated rings. The number of benzene rings is 1. The van der Waals surface area contributed by atoms with Gasteiger partial charge in [-0.15, -0.1) is 11.3 Å². The first-order chi connectivity index (χ1) is 8.00. The molecule has 0 saturated heterocycles. The average molecular weight is 317 g/mol. The Morgan fingerprint density at radius 1 is 1.24 bits per heavy atom. The highest BCUT2D eigenvalue weighted by Gasteiger charge is 2.21. The number of carbonyl (C=O) groups excluding carboxylic acids is 1. The molecule has 0 aliphatic carbocycles. The lowest BCUT2D eigenvalue weighted by Crippen LogP contribution is -2.07. The van der Waals surface area contributed by atoms with Gasteiger partial charge in [0.1, 0.15) is 11.6 Å². The van der Waals surface area contributed by atoms with Crippen LogP contribution in [0.1, 0.15) is 20.8 Å². The van der Waals surface area contributed by atoms with Gasteiger partial charge in [-0.2, -0.15) is 0 Å². The first-order valence-electron chi connectivity index (χ1n) is 4.75. The van der Waals surface area contributed by atoms with Crippen LogP contribution in [0.25, 0.3) is 0 Å². The van der Waals surface area contributed by atoms with Crippen LogP contribution >= 0.6 is 27.3 Å². The van der Waals surface area contributed by atoms with Gasteiger partial charge in [0.2, 0.25) is 5.78 Å². The van der Waals surface area contributed by atoms with Crippen molar-refractivity contribution >= 4 is 33.0 Å². The molecule has 1 nitrogen and oxygen atoms in total. The summed E-state index contributed by atoms with van der Waals surface area (Å²) in [7, 11) is 0. The molecular weight excluding hydrogens is 310 g/mol. The van der Waals surface area contributed by atoms with E-state index >= 15 is 0 Å². The molecule has 0 amide bonds. The molecule has 1 heterocycles. The maximum absolute atomic E-state index is 13.7. The highest BCUT2D eigenvalue weighted by molar-refractivity contribution is 9.11. The van der Waals surface area contributed by atoms with Crippen molar-refractivity contribution in [2.24, 2.45) is 0 Å². The number of halogens is 3. The standard InChI is InChI=1S/C12H7BrF2OS/c1-6-2-3-7(14)10(11(6)15)12(16)8-4-5-9(13)17-8/h2-5H,1H3. The summed E-state index contributed by atoms with van der Waals surface area (Å²) in [4.78, 5) is 12.3. The second-order valence-electron chi connectivity index (χ2n) is 3.49. The molecule has 0 unspecified atom stereocenters. The fraction of sp³-hybridized carbons (Fsp3) is 0.0833. The van der Waals surface area contributed by atoms with Gasteiger partial charge in [0, 0.05) is 0 Å². The van der Waals surface area contributed by atoms with Crippen molar-refractivity contribution in [3.8, 4) is 0 Å². The number of carbonyl (C=O) groups is 1. The third kappa shape index (κ3) is 2.30. The van der Waals surface area contributed by atoms with E-state index in [9.17, 15) is 13.6 Å². The van der Waals surface area contributed by atoms with Gasteiger partial charge in [0.25, 0.3) is 0 Å². The molecule has 0 N–H and O–H groups in total. The lowest BCUT2D eigenvalue weighted by atomic mass is 10.0. The van der Waals surface area contributed by atoms with Crippen molar-refractivity contribution in [2.75, 3.05) is 0 Å². The third-order valence-corrected chi connectivity index (χ3v) is 3.93. The van der Waals surface area contributed by atoms with E-state index in [1.54, 1.807) is 6.07 Å². The second kappa shape index (κ2) is 4.66. The van der Waals surface area contributed by atoms with Gasteiger partial charge in [-0.3, -0.25) is 4.79 Å². The number of hydrogen-bond acceptors (Lipinski definition) is 2. The highest BCUT2D eigenvalue weighted by atomic mass is 79.9. The Labute approximate surface area is 109 Å². The normalized spacial score (nSPS) is 10.6. The van der Waals surface area contributed by atoms with Gasteiger partial charge < -0.3 is 0 Å². The molecule has 0 atom stereocenters. The molecule has 2 aromatic rings. The van der Waals surface area contributed by atoms with E-state index in [1.807, 2.05) is 0 Å². The van der Waals surface area contributed by atoms with Crippen LogP contribution in [0.2, 0.25) is 0 Å². The van der Waals surface area contributed by atoms with Crippen LogP contribution in [0.15, 0.2) is 28.1 Å². The van der Waals surface area contributed by atoms with E-state index in [2.05, 4.69) is 15.9 Å². The molecular formula is C12H7BrF2OS. The van der Waals surface area contributed by atoms with Gasteiger partial charge >= 0.3 is 0 Å². The third-order valence-electron chi connectivity index (χ3n) is 2.31. The fourth-order valence-corrected chi connectivity index (χ4v) is 2.76. The predicted molar refractivity (Wildman–Crippen MR) is 66.5 cm³/mol. The van der Waals surface area contributed by atoms with Crippen LogP contribution in [0.3, 0.4) is 0 Å². The van der Waals surface area contributed by atoms with Crippen LogP contribution in [0, 0.1) is 18.6 Å². The molecule has 2 rings (SSSR count). The summed E-state index contributed by atoms with van der Waals surface area (Å²) in [5, 5.41) is 0. The Bertz CT molecular complexity index is 592. The zero-order chi connectivity index (χ0) is 12.6. The monoisotopic (exact) mass is 316 g/mol. The molecule has 0 radical (unpaired) electrons. The Morgan fingerprint density at radius 3 is 2.53 bits per heavy atom. The van der Waals surface area contributed by atoms with Crippen molar-refractivity contribution in [3.63, 3.8) is 0 Å². The zero-order valence-electron chi connectivity index (χ0n) is 8.76. The second-order valence-corrected chi connectivity index (χ2v) is 5.95. The van der Waals surface area contributed by atoms with Gasteiger partial charge in [0.15, 0.2) is 0 Å². The largest absolute Gasteiger partial charge is 0.287 e. The summed E-state index contributed by atoms with van der Waals surface area (Å²) in [6, 6.07) is 5.63. The minimum absolute atomic E-state index is 0.255. The summed E-state index contributed by atoms with van der Waals surface area (Å²) in [5.74, 6) is -2.25. The molecule has 17 heavy (non-hydrogen) atoms. The molecule has 0 aliphatic heterocycles. The summed E-state index contributed by atoms with van der Waals surface area (Å²) in [5.41, 5.74) is -0.232. The molecule has 0 aliphatic rings. The highest BCUT2D eigenvalue weighted by Crippen LogP contribution is 2.27. The molecule has 1 aromatic carbocycles. The first kappa shape index (κ1) is 12.4. The topological polar surface area (TPSA) is 17.1 Å². The van der Waals surface area contributed by atoms with Gasteiger partial charge in [0.05, 0.1) is 14.2 Å². The minimum atomic E-state index is -0.831. The smallest absolute Gasteiger partial charge is 0.208 e. The summed E-state index contributed by atoms with van der Waals surface area (Å²) in [6.45, 7) is 1.50. The van der Waals surface area contributed by atoms with Crippen LogP contribution in [0.4, 0.5) is 8.78 Å². The molecule has 0 spiro atoms. The molecule has 0 saturated carbocycles. The van der Waals surface area contributed by atoms with E-state index in [-0.39, 0.29) is 5.56 Å². The van der Waals surface area contributed by atoms with Gasteiger partial charge in [-0.05, 0) is 46.6 Å². The molecule has 1 aromatic heterocycles. The fourth-order valence-electron chi connectivity index (χ4n) is 1.42. The van der Waals surface area contributed by atoms with Crippen molar-refractivity contribution in [2.45, 2.75) is 6.92 Å².